The number of ether oxygens (including phenoxy) is 2. The van der Waals surface area contributed by atoms with Crippen molar-refractivity contribution in [2.24, 2.45) is 0 Å². The van der Waals surface area contributed by atoms with Gasteiger partial charge in [0.05, 0.1) is 14.2 Å². The highest BCUT2D eigenvalue weighted by molar-refractivity contribution is 5.99. The molecule has 2 amide bonds. The lowest BCUT2D eigenvalue weighted by atomic mass is 10.1. The second-order valence-electron chi connectivity index (χ2n) is 4.48. The quantitative estimate of drug-likeness (QED) is 0.710. The standard InChI is InChI=1S/C15H22N2O4/c1-11(18)16-9-4-5-10-17-15(19)14-12(20-2)7-6-8-13(14)21-3/h6-8H,4-5,9-10H2,1-3H3,(H,16,18)(H,17,19). The smallest absolute Gasteiger partial charge is 0.258 e. The molecule has 0 aliphatic heterocycles. The van der Waals surface area contributed by atoms with Crippen LogP contribution in [0.1, 0.15) is 30.1 Å². The molecule has 0 saturated heterocycles. The monoisotopic (exact) mass is 294 g/mol. The minimum absolute atomic E-state index is 0.0437. The van der Waals surface area contributed by atoms with E-state index in [1.165, 1.54) is 21.1 Å². The first kappa shape index (κ1) is 16.8. The number of hydrogen-bond acceptors (Lipinski definition) is 4. The van der Waals surface area contributed by atoms with Gasteiger partial charge in [0.25, 0.3) is 5.91 Å². The van der Waals surface area contributed by atoms with Crippen molar-refractivity contribution >= 4 is 11.8 Å². The van der Waals surface area contributed by atoms with E-state index < -0.39 is 0 Å². The molecular weight excluding hydrogens is 272 g/mol. The van der Waals surface area contributed by atoms with Gasteiger partial charge in [0.2, 0.25) is 5.91 Å². The van der Waals surface area contributed by atoms with Crippen LogP contribution in [0.25, 0.3) is 0 Å². The summed E-state index contributed by atoms with van der Waals surface area (Å²) in [6.07, 6.45) is 1.59. The molecule has 0 atom stereocenters. The van der Waals surface area contributed by atoms with Crippen LogP contribution in [0.3, 0.4) is 0 Å². The maximum absolute atomic E-state index is 12.2. The molecule has 1 aromatic carbocycles. The van der Waals surface area contributed by atoms with Crippen molar-refractivity contribution < 1.29 is 19.1 Å². The highest BCUT2D eigenvalue weighted by atomic mass is 16.5. The maximum Gasteiger partial charge on any atom is 0.258 e. The molecule has 0 bridgehead atoms. The molecule has 116 valence electrons. The van der Waals surface area contributed by atoms with E-state index in [9.17, 15) is 9.59 Å². The lowest BCUT2D eigenvalue weighted by Gasteiger charge is -2.13. The summed E-state index contributed by atoms with van der Waals surface area (Å²) in [5.74, 6) is 0.678. The molecule has 0 heterocycles. The van der Waals surface area contributed by atoms with Crippen molar-refractivity contribution in [2.75, 3.05) is 27.3 Å². The molecule has 6 nitrogen and oxygen atoms in total. The van der Waals surface area contributed by atoms with E-state index in [4.69, 9.17) is 9.47 Å². The molecule has 1 aromatic rings. The maximum atomic E-state index is 12.2. The van der Waals surface area contributed by atoms with Crippen molar-refractivity contribution in [3.8, 4) is 11.5 Å². The van der Waals surface area contributed by atoms with E-state index in [1.54, 1.807) is 18.2 Å². The Bertz CT molecular complexity index is 466. The van der Waals surface area contributed by atoms with Crippen molar-refractivity contribution in [1.82, 2.24) is 10.6 Å². The molecule has 0 unspecified atom stereocenters. The van der Waals surface area contributed by atoms with Crippen LogP contribution in [-0.4, -0.2) is 39.1 Å². The van der Waals surface area contributed by atoms with Crippen molar-refractivity contribution in [2.45, 2.75) is 19.8 Å². The summed E-state index contributed by atoms with van der Waals surface area (Å²) in [5, 5.41) is 5.54. The number of nitrogens with one attached hydrogen (secondary N) is 2. The van der Waals surface area contributed by atoms with Gasteiger partial charge in [0.15, 0.2) is 0 Å². The van der Waals surface area contributed by atoms with Gasteiger partial charge in [0.1, 0.15) is 17.1 Å². The summed E-state index contributed by atoms with van der Waals surface area (Å²) in [5.41, 5.74) is 0.393. The Morgan fingerprint density at radius 3 is 2.00 bits per heavy atom. The first-order valence-electron chi connectivity index (χ1n) is 6.83. The Morgan fingerprint density at radius 1 is 1.00 bits per heavy atom. The second kappa shape index (κ2) is 8.84. The molecule has 0 aromatic heterocycles. The molecule has 0 saturated carbocycles. The summed E-state index contributed by atoms with van der Waals surface area (Å²) >= 11 is 0. The lowest BCUT2D eigenvalue weighted by molar-refractivity contribution is -0.118. The Labute approximate surface area is 124 Å². The predicted molar refractivity (Wildman–Crippen MR) is 79.8 cm³/mol. The van der Waals surface area contributed by atoms with Crippen LogP contribution in [0.4, 0.5) is 0 Å². The fraction of sp³-hybridized carbons (Fsp3) is 0.467. The predicted octanol–water partition coefficient (Wildman–Crippen LogP) is 1.35. The molecule has 6 heteroatoms. The zero-order valence-corrected chi connectivity index (χ0v) is 12.7. The van der Waals surface area contributed by atoms with Crippen LogP contribution in [-0.2, 0) is 4.79 Å². The number of unbranched alkanes of at least 4 members (excludes halogenated alkanes) is 1. The molecule has 0 fully saturated rings. The normalized spacial score (nSPS) is 9.86. The summed E-state index contributed by atoms with van der Waals surface area (Å²) in [6.45, 7) is 2.62. The minimum atomic E-state index is -0.233. The fourth-order valence-electron chi connectivity index (χ4n) is 1.88. The van der Waals surface area contributed by atoms with Gasteiger partial charge < -0.3 is 20.1 Å². The zero-order chi connectivity index (χ0) is 15.7. The van der Waals surface area contributed by atoms with E-state index in [0.717, 1.165) is 12.8 Å². The molecule has 0 aliphatic carbocycles. The SMILES string of the molecule is COc1cccc(OC)c1C(=O)NCCCCNC(C)=O. The van der Waals surface area contributed by atoms with Crippen LogP contribution in [0, 0.1) is 0 Å². The van der Waals surface area contributed by atoms with Crippen LogP contribution in [0.2, 0.25) is 0 Å². The van der Waals surface area contributed by atoms with Crippen LogP contribution >= 0.6 is 0 Å². The van der Waals surface area contributed by atoms with Crippen LogP contribution in [0.15, 0.2) is 18.2 Å². The second-order valence-corrected chi connectivity index (χ2v) is 4.48. The molecule has 0 aliphatic rings. The van der Waals surface area contributed by atoms with Crippen molar-refractivity contribution in [3.05, 3.63) is 23.8 Å². The van der Waals surface area contributed by atoms with Crippen molar-refractivity contribution in [3.63, 3.8) is 0 Å². The molecule has 0 spiro atoms. The highest BCUT2D eigenvalue weighted by Gasteiger charge is 2.17. The van der Waals surface area contributed by atoms with E-state index in [-0.39, 0.29) is 11.8 Å². The summed E-state index contributed by atoms with van der Waals surface area (Å²) in [7, 11) is 3.03. The van der Waals surface area contributed by atoms with Gasteiger partial charge >= 0.3 is 0 Å². The zero-order valence-electron chi connectivity index (χ0n) is 12.7. The average Bonchev–Trinajstić information content (AvgIpc) is 2.49. The average molecular weight is 294 g/mol. The van der Waals surface area contributed by atoms with E-state index in [1.807, 2.05) is 0 Å². The minimum Gasteiger partial charge on any atom is -0.496 e. The van der Waals surface area contributed by atoms with Crippen molar-refractivity contribution in [1.29, 1.82) is 0 Å². The Hall–Kier alpha value is -2.24. The first-order valence-corrected chi connectivity index (χ1v) is 6.83. The summed E-state index contributed by atoms with van der Waals surface area (Å²) in [6, 6.07) is 5.20. The number of hydrogen-bond donors (Lipinski definition) is 2. The van der Waals surface area contributed by atoms with E-state index >= 15 is 0 Å². The van der Waals surface area contributed by atoms with Crippen LogP contribution < -0.4 is 20.1 Å². The number of amides is 2. The van der Waals surface area contributed by atoms with E-state index in [0.29, 0.717) is 30.2 Å². The van der Waals surface area contributed by atoms with Gasteiger partial charge in [-0.15, -0.1) is 0 Å². The third-order valence-electron chi connectivity index (χ3n) is 2.92. The summed E-state index contributed by atoms with van der Waals surface area (Å²) in [4.78, 5) is 22.9. The lowest BCUT2D eigenvalue weighted by Crippen LogP contribution is -2.27. The molecule has 1 rings (SSSR count). The third-order valence-corrected chi connectivity index (χ3v) is 2.92. The van der Waals surface area contributed by atoms with Crippen LogP contribution in [0.5, 0.6) is 11.5 Å². The number of carbonyl (C=O) groups is 2. The molecular formula is C15H22N2O4. The number of benzene rings is 1. The summed E-state index contributed by atoms with van der Waals surface area (Å²) < 4.78 is 10.4. The Balaban J connectivity index is 2.50. The number of carbonyl (C=O) groups excluding carboxylic acids is 2. The Morgan fingerprint density at radius 2 is 1.52 bits per heavy atom. The van der Waals surface area contributed by atoms with Gasteiger partial charge in [-0.25, -0.2) is 0 Å². The fourth-order valence-corrected chi connectivity index (χ4v) is 1.88. The molecule has 0 radical (unpaired) electrons. The number of methoxy groups -OCH3 is 2. The number of rotatable bonds is 8. The Kier molecular flexibility index (Phi) is 7.08. The van der Waals surface area contributed by atoms with E-state index in [2.05, 4.69) is 10.6 Å². The van der Waals surface area contributed by atoms with Gasteiger partial charge in [-0.05, 0) is 25.0 Å². The highest BCUT2D eigenvalue weighted by Crippen LogP contribution is 2.27. The van der Waals surface area contributed by atoms with Gasteiger partial charge in [-0.3, -0.25) is 9.59 Å². The van der Waals surface area contributed by atoms with Gasteiger partial charge in [-0.2, -0.15) is 0 Å². The largest absolute Gasteiger partial charge is 0.496 e. The topological polar surface area (TPSA) is 76.7 Å². The molecule has 2 N–H and O–H groups in total. The van der Waals surface area contributed by atoms with Gasteiger partial charge in [-0.1, -0.05) is 6.07 Å². The first-order chi connectivity index (χ1) is 10.1. The molecule has 21 heavy (non-hydrogen) atoms. The third kappa shape index (κ3) is 5.33. The van der Waals surface area contributed by atoms with Gasteiger partial charge in [0, 0.05) is 20.0 Å².